The highest BCUT2D eigenvalue weighted by Crippen LogP contribution is 2.19. The monoisotopic (exact) mass is 292 g/mol. The van der Waals surface area contributed by atoms with Gasteiger partial charge in [-0.1, -0.05) is 11.8 Å². The van der Waals surface area contributed by atoms with Gasteiger partial charge in [-0.2, -0.15) is 0 Å². The maximum absolute atomic E-state index is 5.69. The Balaban J connectivity index is 1.66. The number of hydrogen-bond acceptors (Lipinski definition) is 4. The summed E-state index contributed by atoms with van der Waals surface area (Å²) in [5.41, 5.74) is 0. The van der Waals surface area contributed by atoms with E-state index < -0.39 is 0 Å². The van der Waals surface area contributed by atoms with Crippen LogP contribution in [0.3, 0.4) is 0 Å². The van der Waals surface area contributed by atoms with Crippen LogP contribution < -0.4 is 9.47 Å². The number of thioether (sulfide) groups is 1. The first kappa shape index (κ1) is 14.8. The molecule has 0 spiro atoms. The molecule has 1 heterocycles. The third-order valence-corrected chi connectivity index (χ3v) is 3.96. The highest BCUT2D eigenvalue weighted by Gasteiger charge is 2.01. The van der Waals surface area contributed by atoms with Gasteiger partial charge in [0.2, 0.25) is 0 Å². The summed E-state index contributed by atoms with van der Waals surface area (Å²) in [7, 11) is 1.66. The van der Waals surface area contributed by atoms with Crippen LogP contribution >= 0.6 is 11.8 Å². The molecule has 0 aliphatic heterocycles. The number of nitrogens with zero attached hydrogens (tertiary/aromatic N) is 2. The van der Waals surface area contributed by atoms with Crippen molar-refractivity contribution < 1.29 is 9.47 Å². The first-order valence-electron chi connectivity index (χ1n) is 6.74. The molecule has 0 unspecified atom stereocenters. The molecule has 5 heteroatoms. The summed E-state index contributed by atoms with van der Waals surface area (Å²) in [5.74, 6) is 2.73. The van der Waals surface area contributed by atoms with Crippen molar-refractivity contribution in [3.05, 3.63) is 36.7 Å². The zero-order valence-electron chi connectivity index (χ0n) is 11.9. The fourth-order valence-electron chi connectivity index (χ4n) is 1.76. The topological polar surface area (TPSA) is 36.3 Å². The van der Waals surface area contributed by atoms with Gasteiger partial charge in [0.25, 0.3) is 0 Å². The number of aryl methyl sites for hydroxylation is 1. The van der Waals surface area contributed by atoms with Gasteiger partial charge in [0.15, 0.2) is 5.16 Å². The van der Waals surface area contributed by atoms with Gasteiger partial charge < -0.3 is 14.0 Å². The quantitative estimate of drug-likeness (QED) is 0.551. The van der Waals surface area contributed by atoms with Gasteiger partial charge in [-0.15, -0.1) is 0 Å². The first-order valence-corrected chi connectivity index (χ1v) is 7.73. The van der Waals surface area contributed by atoms with Crippen LogP contribution in [0.5, 0.6) is 11.5 Å². The Morgan fingerprint density at radius 3 is 2.65 bits per heavy atom. The third-order valence-electron chi connectivity index (χ3n) is 2.87. The molecular weight excluding hydrogens is 272 g/mol. The highest BCUT2D eigenvalue weighted by molar-refractivity contribution is 7.99. The van der Waals surface area contributed by atoms with E-state index in [1.165, 1.54) is 0 Å². The highest BCUT2D eigenvalue weighted by atomic mass is 32.2. The van der Waals surface area contributed by atoms with Gasteiger partial charge in [0.05, 0.1) is 13.7 Å². The lowest BCUT2D eigenvalue weighted by Crippen LogP contribution is -2.00. The molecule has 2 rings (SSSR count). The van der Waals surface area contributed by atoms with Crippen LogP contribution in [0.2, 0.25) is 0 Å². The molecule has 0 fully saturated rings. The second-order valence-corrected chi connectivity index (χ2v) is 5.28. The minimum absolute atomic E-state index is 0.714. The van der Waals surface area contributed by atoms with Crippen molar-refractivity contribution in [1.82, 2.24) is 9.55 Å². The summed E-state index contributed by atoms with van der Waals surface area (Å²) >= 11 is 1.77. The van der Waals surface area contributed by atoms with Crippen molar-refractivity contribution in [1.29, 1.82) is 0 Å². The van der Waals surface area contributed by atoms with Crippen LogP contribution in [0.1, 0.15) is 13.3 Å². The molecule has 108 valence electrons. The second kappa shape index (κ2) is 7.85. The van der Waals surface area contributed by atoms with E-state index >= 15 is 0 Å². The van der Waals surface area contributed by atoms with Crippen molar-refractivity contribution in [3.8, 4) is 11.5 Å². The summed E-state index contributed by atoms with van der Waals surface area (Å²) in [4.78, 5) is 4.33. The largest absolute Gasteiger partial charge is 0.497 e. The molecule has 0 N–H and O–H groups in total. The Labute approximate surface area is 124 Å². The van der Waals surface area contributed by atoms with Crippen LogP contribution in [0.4, 0.5) is 0 Å². The Bertz CT molecular complexity index is 511. The molecule has 0 aliphatic rings. The molecule has 0 aliphatic carbocycles. The summed E-state index contributed by atoms with van der Waals surface area (Å²) in [6.07, 6.45) is 4.85. The first-order chi connectivity index (χ1) is 9.83. The normalized spacial score (nSPS) is 10.5. The van der Waals surface area contributed by atoms with E-state index in [-0.39, 0.29) is 0 Å². The molecule has 2 aromatic rings. The fraction of sp³-hybridized carbons (Fsp3) is 0.400. The minimum atomic E-state index is 0.714. The molecule has 0 bridgehead atoms. The molecule has 4 nitrogen and oxygen atoms in total. The number of hydrogen-bond donors (Lipinski definition) is 0. The maximum atomic E-state index is 5.69. The Morgan fingerprint density at radius 1 is 1.20 bits per heavy atom. The van der Waals surface area contributed by atoms with E-state index in [0.29, 0.717) is 6.61 Å². The lowest BCUT2D eigenvalue weighted by molar-refractivity contribution is 0.318. The van der Waals surface area contributed by atoms with Crippen LogP contribution in [0.25, 0.3) is 0 Å². The number of ether oxygens (including phenoxy) is 2. The van der Waals surface area contributed by atoms with Crippen molar-refractivity contribution >= 4 is 11.8 Å². The van der Waals surface area contributed by atoms with Gasteiger partial charge >= 0.3 is 0 Å². The molecule has 0 saturated carbocycles. The van der Waals surface area contributed by atoms with Gasteiger partial charge in [-0.3, -0.25) is 0 Å². The van der Waals surface area contributed by atoms with Crippen molar-refractivity contribution in [3.63, 3.8) is 0 Å². The lowest BCUT2D eigenvalue weighted by Gasteiger charge is -2.07. The SMILES string of the molecule is CCn1ccnc1SCCCOc1ccc(OC)cc1. The van der Waals surface area contributed by atoms with E-state index in [2.05, 4.69) is 16.5 Å². The summed E-state index contributed by atoms with van der Waals surface area (Å²) in [6, 6.07) is 7.66. The Kier molecular flexibility index (Phi) is 5.80. The van der Waals surface area contributed by atoms with Crippen molar-refractivity contribution in [2.24, 2.45) is 0 Å². The summed E-state index contributed by atoms with van der Waals surface area (Å²) in [5, 5.41) is 1.08. The second-order valence-electron chi connectivity index (χ2n) is 4.22. The molecule has 20 heavy (non-hydrogen) atoms. The minimum Gasteiger partial charge on any atom is -0.497 e. The van der Waals surface area contributed by atoms with Gasteiger partial charge in [-0.25, -0.2) is 4.98 Å². The number of imidazole rings is 1. The molecular formula is C15H20N2O2S. The standard InChI is InChI=1S/C15H20N2O2S/c1-3-17-10-9-16-15(17)20-12-4-11-19-14-7-5-13(18-2)6-8-14/h5-10H,3-4,11-12H2,1-2H3. The predicted octanol–water partition coefficient (Wildman–Crippen LogP) is 3.47. The van der Waals surface area contributed by atoms with Crippen molar-refractivity contribution in [2.75, 3.05) is 19.5 Å². The van der Waals surface area contributed by atoms with E-state index in [4.69, 9.17) is 9.47 Å². The molecule has 0 atom stereocenters. The smallest absolute Gasteiger partial charge is 0.167 e. The summed E-state index contributed by atoms with van der Waals surface area (Å²) < 4.78 is 12.9. The average molecular weight is 292 g/mol. The number of benzene rings is 1. The van der Waals surface area contributed by atoms with Gasteiger partial charge in [0.1, 0.15) is 11.5 Å². The van der Waals surface area contributed by atoms with Crippen LogP contribution in [0, 0.1) is 0 Å². The number of methoxy groups -OCH3 is 1. The molecule has 1 aromatic heterocycles. The van der Waals surface area contributed by atoms with E-state index in [1.807, 2.05) is 36.7 Å². The zero-order valence-corrected chi connectivity index (χ0v) is 12.7. The Morgan fingerprint density at radius 2 is 1.95 bits per heavy atom. The summed E-state index contributed by atoms with van der Waals surface area (Å²) in [6.45, 7) is 3.80. The number of aromatic nitrogens is 2. The number of rotatable bonds is 8. The molecule has 0 saturated heterocycles. The Hall–Kier alpha value is -1.62. The van der Waals surface area contributed by atoms with Crippen LogP contribution in [0.15, 0.2) is 41.8 Å². The maximum Gasteiger partial charge on any atom is 0.167 e. The van der Waals surface area contributed by atoms with E-state index in [1.54, 1.807) is 18.9 Å². The molecule has 0 radical (unpaired) electrons. The van der Waals surface area contributed by atoms with Crippen molar-refractivity contribution in [2.45, 2.75) is 25.0 Å². The van der Waals surface area contributed by atoms with Crippen LogP contribution in [-0.2, 0) is 6.54 Å². The predicted molar refractivity (Wildman–Crippen MR) is 81.7 cm³/mol. The lowest BCUT2D eigenvalue weighted by atomic mass is 10.3. The molecule has 1 aromatic carbocycles. The van der Waals surface area contributed by atoms with Gasteiger partial charge in [-0.05, 0) is 37.6 Å². The average Bonchev–Trinajstić information content (AvgIpc) is 2.95. The zero-order chi connectivity index (χ0) is 14.2. The fourth-order valence-corrected chi connectivity index (χ4v) is 2.70. The van der Waals surface area contributed by atoms with E-state index in [0.717, 1.165) is 35.4 Å². The van der Waals surface area contributed by atoms with Crippen LogP contribution in [-0.4, -0.2) is 29.0 Å². The van der Waals surface area contributed by atoms with E-state index in [9.17, 15) is 0 Å². The molecule has 0 amide bonds. The third kappa shape index (κ3) is 4.20. The van der Waals surface area contributed by atoms with Gasteiger partial charge in [0, 0.05) is 24.7 Å².